The average Bonchev–Trinajstić information content (AvgIpc) is 3.00. The number of methoxy groups -OCH3 is 1. The highest BCUT2D eigenvalue weighted by Gasteiger charge is 2.29. The number of hydrogen-bond acceptors (Lipinski definition) is 10. The number of ether oxygens (including phenoxy) is 3. The SMILES string of the molecule is COC(=O)CCCCCN(C[C@@H](CCCNC(=O)OCc1ccccc1)NC(=O)OC(C)(C)C)S(=O)(=O)c1ccc([N+](=O)[O-])cc1. The molecule has 0 radical (unpaired) electrons. The van der Waals surface area contributed by atoms with E-state index in [4.69, 9.17) is 9.47 Å². The van der Waals surface area contributed by atoms with Gasteiger partial charge in [-0.2, -0.15) is 4.31 Å². The molecule has 0 aromatic heterocycles. The lowest BCUT2D eigenvalue weighted by Gasteiger charge is -2.29. The Morgan fingerprint density at radius 3 is 2.24 bits per heavy atom. The summed E-state index contributed by atoms with van der Waals surface area (Å²) in [6.45, 7) is 5.31. The van der Waals surface area contributed by atoms with Gasteiger partial charge in [-0.1, -0.05) is 36.8 Å². The fourth-order valence-electron chi connectivity index (χ4n) is 4.28. The Balaban J connectivity index is 2.16. The van der Waals surface area contributed by atoms with Gasteiger partial charge in [0.1, 0.15) is 12.2 Å². The van der Waals surface area contributed by atoms with Gasteiger partial charge >= 0.3 is 18.2 Å². The van der Waals surface area contributed by atoms with Gasteiger partial charge in [0.2, 0.25) is 10.0 Å². The number of hydrogen-bond donors (Lipinski definition) is 2. The summed E-state index contributed by atoms with van der Waals surface area (Å²) in [5.41, 5.74) is -0.227. The van der Waals surface area contributed by atoms with Gasteiger partial charge in [0.05, 0.1) is 16.9 Å². The van der Waals surface area contributed by atoms with Crippen LogP contribution in [0.5, 0.6) is 0 Å². The topological polar surface area (TPSA) is 183 Å². The lowest BCUT2D eigenvalue weighted by atomic mass is 10.1. The van der Waals surface area contributed by atoms with Crippen LogP contribution < -0.4 is 10.6 Å². The molecule has 0 heterocycles. The molecule has 0 spiro atoms. The Hall–Kier alpha value is -4.24. The van der Waals surface area contributed by atoms with Gasteiger partial charge in [-0.3, -0.25) is 14.9 Å². The first-order chi connectivity index (χ1) is 21.7. The molecule has 15 heteroatoms. The van der Waals surface area contributed by atoms with E-state index >= 15 is 0 Å². The number of nitrogens with one attached hydrogen (secondary N) is 2. The summed E-state index contributed by atoms with van der Waals surface area (Å²) in [6, 6.07) is 13.0. The van der Waals surface area contributed by atoms with Gasteiger partial charge in [-0.25, -0.2) is 18.0 Å². The predicted molar refractivity (Wildman–Crippen MR) is 169 cm³/mol. The molecule has 2 aromatic rings. The van der Waals surface area contributed by atoms with Gasteiger partial charge in [0.25, 0.3) is 5.69 Å². The summed E-state index contributed by atoms with van der Waals surface area (Å²) in [5.74, 6) is -0.366. The second-order valence-electron chi connectivity index (χ2n) is 11.5. The van der Waals surface area contributed by atoms with E-state index in [1.54, 1.807) is 20.8 Å². The van der Waals surface area contributed by atoms with E-state index in [-0.39, 0.29) is 55.6 Å². The first-order valence-corrected chi connectivity index (χ1v) is 16.4. The largest absolute Gasteiger partial charge is 0.469 e. The van der Waals surface area contributed by atoms with Crippen molar-refractivity contribution in [3.63, 3.8) is 0 Å². The molecule has 2 rings (SSSR count). The van der Waals surface area contributed by atoms with Gasteiger partial charge < -0.3 is 24.8 Å². The first kappa shape index (κ1) is 37.9. The molecule has 14 nitrogen and oxygen atoms in total. The lowest BCUT2D eigenvalue weighted by molar-refractivity contribution is -0.384. The minimum absolute atomic E-state index is 0.0526. The van der Waals surface area contributed by atoms with E-state index < -0.39 is 38.8 Å². The molecule has 0 bridgehead atoms. The zero-order valence-corrected chi connectivity index (χ0v) is 27.5. The number of carbonyl (C=O) groups is 3. The molecule has 0 unspecified atom stereocenters. The zero-order valence-electron chi connectivity index (χ0n) is 26.7. The molecule has 46 heavy (non-hydrogen) atoms. The summed E-state index contributed by atoms with van der Waals surface area (Å²) in [7, 11) is -2.86. The van der Waals surface area contributed by atoms with Crippen molar-refractivity contribution in [1.82, 2.24) is 14.9 Å². The molecule has 0 aliphatic heterocycles. The molecule has 0 saturated heterocycles. The third-order valence-electron chi connectivity index (χ3n) is 6.56. The third kappa shape index (κ3) is 14.2. The summed E-state index contributed by atoms with van der Waals surface area (Å²) in [4.78, 5) is 46.7. The molecule has 0 aliphatic carbocycles. The summed E-state index contributed by atoms with van der Waals surface area (Å²) >= 11 is 0. The number of benzene rings is 2. The van der Waals surface area contributed by atoms with Crippen LogP contribution in [-0.2, 0) is 35.6 Å². The Kier molecular flexibility index (Phi) is 15.4. The van der Waals surface area contributed by atoms with E-state index in [1.165, 1.54) is 23.5 Å². The maximum absolute atomic E-state index is 13.8. The zero-order chi connectivity index (χ0) is 34.2. The van der Waals surface area contributed by atoms with Crippen molar-refractivity contribution in [2.24, 2.45) is 0 Å². The van der Waals surface area contributed by atoms with Crippen LogP contribution in [0.2, 0.25) is 0 Å². The highest BCUT2D eigenvalue weighted by molar-refractivity contribution is 7.89. The number of carbonyl (C=O) groups excluding carboxylic acids is 3. The number of nitro groups is 1. The second kappa shape index (κ2) is 18.7. The van der Waals surface area contributed by atoms with Crippen molar-refractivity contribution < 1.29 is 41.9 Å². The number of nitrogens with zero attached hydrogens (tertiary/aromatic N) is 2. The normalized spacial score (nSPS) is 12.2. The minimum Gasteiger partial charge on any atom is -0.469 e. The van der Waals surface area contributed by atoms with E-state index in [2.05, 4.69) is 15.4 Å². The quantitative estimate of drug-likeness (QED) is 0.0729. The minimum atomic E-state index is -4.16. The number of amides is 2. The van der Waals surface area contributed by atoms with Crippen LogP contribution in [0, 0.1) is 10.1 Å². The number of rotatable bonds is 18. The fraction of sp³-hybridized carbons (Fsp3) is 0.516. The molecule has 0 aliphatic rings. The number of esters is 1. The monoisotopic (exact) mass is 664 g/mol. The summed E-state index contributed by atoms with van der Waals surface area (Å²) in [6.07, 6.45) is 0.892. The van der Waals surface area contributed by atoms with Crippen LogP contribution in [0.3, 0.4) is 0 Å². The molecule has 1 atom stereocenters. The average molecular weight is 665 g/mol. The molecule has 2 aromatic carbocycles. The van der Waals surface area contributed by atoms with Crippen molar-refractivity contribution in [2.45, 2.75) is 82.4 Å². The Morgan fingerprint density at radius 2 is 1.63 bits per heavy atom. The molecular weight excluding hydrogens is 620 g/mol. The maximum atomic E-state index is 13.8. The lowest BCUT2D eigenvalue weighted by Crippen LogP contribution is -2.47. The third-order valence-corrected chi connectivity index (χ3v) is 8.44. The second-order valence-corrected chi connectivity index (χ2v) is 13.4. The molecular formula is C31H44N4O10S. The van der Waals surface area contributed by atoms with Gasteiger partial charge in [-0.15, -0.1) is 0 Å². The molecule has 2 amide bonds. The highest BCUT2D eigenvalue weighted by Crippen LogP contribution is 2.21. The smallest absolute Gasteiger partial charge is 0.407 e. The van der Waals surface area contributed by atoms with Crippen molar-refractivity contribution in [3.8, 4) is 0 Å². The van der Waals surface area contributed by atoms with E-state index in [9.17, 15) is 32.9 Å². The predicted octanol–water partition coefficient (Wildman–Crippen LogP) is 4.92. The maximum Gasteiger partial charge on any atom is 0.407 e. The van der Waals surface area contributed by atoms with E-state index in [0.717, 1.165) is 17.7 Å². The van der Waals surface area contributed by atoms with Gasteiger partial charge in [0, 0.05) is 44.2 Å². The number of alkyl carbamates (subject to hydrolysis) is 2. The Labute approximate surface area is 270 Å². The number of nitro benzene ring substituents is 1. The van der Waals surface area contributed by atoms with Crippen LogP contribution in [0.1, 0.15) is 64.9 Å². The van der Waals surface area contributed by atoms with Crippen LogP contribution >= 0.6 is 0 Å². The van der Waals surface area contributed by atoms with Crippen LogP contribution in [0.25, 0.3) is 0 Å². The molecule has 0 saturated carbocycles. The number of sulfonamides is 1. The fourth-order valence-corrected chi connectivity index (χ4v) is 5.80. The summed E-state index contributed by atoms with van der Waals surface area (Å²) in [5, 5.41) is 16.5. The van der Waals surface area contributed by atoms with Crippen LogP contribution in [0.4, 0.5) is 15.3 Å². The van der Waals surface area contributed by atoms with Crippen LogP contribution in [-0.4, -0.2) is 74.2 Å². The standard InChI is InChI=1S/C31H44N4O10S/c1-31(2,3)45-30(38)33-25(14-11-20-32-29(37)44-23-24-12-7-5-8-13-24)22-34(21-10-6-9-15-28(36)43-4)46(41,42)27-18-16-26(17-19-27)35(39)40/h5,7-8,12-13,16-19,25H,6,9-11,14-15,20-23H2,1-4H3,(H,32,37)(H,33,38)/t25-/m1/s1. The van der Waals surface area contributed by atoms with E-state index in [1.807, 2.05) is 30.3 Å². The van der Waals surface area contributed by atoms with Crippen molar-refractivity contribution in [3.05, 3.63) is 70.3 Å². The highest BCUT2D eigenvalue weighted by atomic mass is 32.2. The molecule has 0 fully saturated rings. The molecule has 2 N–H and O–H groups in total. The van der Waals surface area contributed by atoms with Gasteiger partial charge in [-0.05, 0) is 64.2 Å². The first-order valence-electron chi connectivity index (χ1n) is 15.0. The number of non-ortho nitro benzene ring substituents is 1. The Morgan fingerprint density at radius 1 is 0.957 bits per heavy atom. The van der Waals surface area contributed by atoms with Gasteiger partial charge in [0.15, 0.2) is 0 Å². The number of unbranched alkanes of at least 4 members (excludes halogenated alkanes) is 2. The van der Waals surface area contributed by atoms with Crippen molar-refractivity contribution in [2.75, 3.05) is 26.7 Å². The molecule has 254 valence electrons. The Bertz CT molecular complexity index is 1380. The van der Waals surface area contributed by atoms with Crippen molar-refractivity contribution in [1.29, 1.82) is 0 Å². The summed E-state index contributed by atoms with van der Waals surface area (Å²) < 4.78 is 44.0. The van der Waals surface area contributed by atoms with E-state index in [0.29, 0.717) is 25.7 Å². The van der Waals surface area contributed by atoms with Crippen molar-refractivity contribution >= 4 is 33.9 Å². The van der Waals surface area contributed by atoms with Crippen LogP contribution in [0.15, 0.2) is 59.5 Å².